The van der Waals surface area contributed by atoms with E-state index >= 15 is 0 Å². The zero-order valence-corrected chi connectivity index (χ0v) is 36.2. The van der Waals surface area contributed by atoms with Crippen LogP contribution in [0.3, 0.4) is 0 Å². The fourth-order valence-electron chi connectivity index (χ4n) is 5.33. The molecule has 0 spiro atoms. The smallest absolute Gasteiger partial charge is 0.346 e. The Kier molecular flexibility index (Phi) is 21.2. The quantitative estimate of drug-likeness (QED) is 0.0569. The number of carbonyl (C=O) groups excluding carboxylic acids is 4. The summed E-state index contributed by atoms with van der Waals surface area (Å²) in [5.41, 5.74) is 13.0. The minimum Gasteiger partial charge on any atom is -0.355 e. The number of hydrogen-bond donors (Lipinski definition) is 4. The summed E-state index contributed by atoms with van der Waals surface area (Å²) in [6, 6.07) is 13.9. The van der Waals surface area contributed by atoms with Crippen molar-refractivity contribution in [3.05, 3.63) is 48.5 Å². The molecule has 2 aromatic heterocycles. The molecule has 0 bridgehead atoms. The van der Waals surface area contributed by atoms with Crippen LogP contribution >= 0.6 is 58.8 Å². The number of nitrogens with one attached hydrogen (secondary N) is 2. The van der Waals surface area contributed by atoms with Gasteiger partial charge in [0.05, 0.1) is 0 Å². The van der Waals surface area contributed by atoms with Crippen LogP contribution in [0.15, 0.2) is 48.5 Å². The van der Waals surface area contributed by atoms with Crippen LogP contribution in [0.1, 0.15) is 38.5 Å². The van der Waals surface area contributed by atoms with Crippen molar-refractivity contribution in [3.8, 4) is 0 Å². The second kappa shape index (κ2) is 26.0. The van der Waals surface area contributed by atoms with E-state index in [-0.39, 0.29) is 18.2 Å². The van der Waals surface area contributed by atoms with Gasteiger partial charge in [-0.2, -0.15) is 58.8 Å². The molecule has 6 N–H and O–H groups in total. The Morgan fingerprint density at radius 2 is 1.09 bits per heavy atom. The van der Waals surface area contributed by atoms with Crippen LogP contribution in [0.2, 0.25) is 0 Å². The predicted octanol–water partition coefficient (Wildman–Crippen LogP) is 2.68. The van der Waals surface area contributed by atoms with Crippen molar-refractivity contribution in [2.75, 3.05) is 61.7 Å². The van der Waals surface area contributed by atoms with Gasteiger partial charge >= 0.3 is 11.9 Å². The van der Waals surface area contributed by atoms with Gasteiger partial charge in [0.25, 0.3) is 0 Å². The molecule has 4 unspecified atom stereocenters. The van der Waals surface area contributed by atoms with Crippen LogP contribution in [0.5, 0.6) is 0 Å². The van der Waals surface area contributed by atoms with E-state index in [1.807, 2.05) is 53.3 Å². The third-order valence-electron chi connectivity index (χ3n) is 8.52. The fraction of sp³-hybridized carbons (Fsp3) is 0.556. The lowest BCUT2D eigenvalue weighted by molar-refractivity contribution is -0.156. The van der Waals surface area contributed by atoms with Gasteiger partial charge in [-0.25, -0.2) is 9.59 Å². The second-order valence-electron chi connectivity index (χ2n) is 12.6. The molecule has 57 heavy (non-hydrogen) atoms. The molecule has 0 saturated heterocycles. The molecular formula is C36H52N10O6S5. The van der Waals surface area contributed by atoms with Crippen LogP contribution in [0, 0.1) is 0 Å². The van der Waals surface area contributed by atoms with Crippen molar-refractivity contribution < 1.29 is 28.9 Å². The molecule has 2 aliphatic carbocycles. The number of hydrogen-bond acceptors (Lipinski definition) is 17. The van der Waals surface area contributed by atoms with Crippen molar-refractivity contribution in [2.45, 2.75) is 59.5 Å². The molecule has 2 amide bonds. The number of amides is 2. The molecule has 21 heteroatoms. The highest BCUT2D eigenvalue weighted by molar-refractivity contribution is 8.04. The minimum atomic E-state index is -0.843. The molecule has 2 aliphatic rings. The van der Waals surface area contributed by atoms with Gasteiger partial charge in [-0.15, -0.1) is 10.2 Å². The lowest BCUT2D eigenvalue weighted by Gasteiger charge is -2.35. The number of carbonyl (C=O) groups is 4. The van der Waals surface area contributed by atoms with Gasteiger partial charge in [-0.05, 0) is 72.9 Å². The molecule has 2 saturated carbocycles. The van der Waals surface area contributed by atoms with Crippen LogP contribution < -0.4 is 31.8 Å². The van der Waals surface area contributed by atoms with Gasteiger partial charge in [0, 0.05) is 70.2 Å². The molecule has 4 aromatic rings. The highest BCUT2D eigenvalue weighted by Gasteiger charge is 2.31. The van der Waals surface area contributed by atoms with E-state index in [0.717, 1.165) is 66.8 Å². The normalized spacial score (nSPS) is 18.2. The molecule has 6 rings (SSSR count). The van der Waals surface area contributed by atoms with Crippen LogP contribution in [0.4, 0.5) is 0 Å². The Morgan fingerprint density at radius 1 is 0.649 bits per heavy atom. The van der Waals surface area contributed by atoms with E-state index in [1.54, 1.807) is 60.3 Å². The molecule has 2 aromatic carbocycles. The minimum absolute atomic E-state index is 0.0596. The van der Waals surface area contributed by atoms with Crippen LogP contribution in [0.25, 0.3) is 22.1 Å². The van der Waals surface area contributed by atoms with Crippen molar-refractivity contribution in [3.63, 3.8) is 0 Å². The monoisotopic (exact) mass is 880 g/mol. The highest BCUT2D eigenvalue weighted by Crippen LogP contribution is 2.40. The standard InChI is InChI=1S/C15H10N6O4.C13H24N2O2S3.C8H18N2S2/c22-14(24-20-12-7-3-1-5-10(12)16-18-20)9-15(23)25-21-13-8-4-2-6-11(13)17-19-21;1-18-7-5-14-12(16)9-13(17)15-6-8-20-11-4-3-10(11)19-2;9-3-5-11-7-1-2-8(7)12-6-4-10/h1-8H,9H2;10-11H,3-9H2,1-2H3,(H,14,16)(H,15,17);7-8H,1-6,9-10H2. The Hall–Kier alpha value is -3.21. The first kappa shape index (κ1) is 46.5. The first-order chi connectivity index (χ1) is 27.8. The summed E-state index contributed by atoms with van der Waals surface area (Å²) < 4.78 is 0. The molecule has 2 fully saturated rings. The molecule has 312 valence electrons. The molecular weight excluding hydrogens is 829 g/mol. The molecule has 0 radical (unpaired) electrons. The maximum Gasteiger partial charge on any atom is 0.346 e. The first-order valence-corrected chi connectivity index (χ1v) is 24.4. The number of nitrogens with zero attached hydrogens (tertiary/aromatic N) is 6. The number of para-hydroxylation sites is 2. The predicted molar refractivity (Wildman–Crippen MR) is 234 cm³/mol. The van der Waals surface area contributed by atoms with Gasteiger partial charge in [0.15, 0.2) is 0 Å². The zero-order chi connectivity index (χ0) is 40.8. The van der Waals surface area contributed by atoms with Crippen molar-refractivity contribution in [1.29, 1.82) is 0 Å². The maximum atomic E-state index is 11.9. The summed E-state index contributed by atoms with van der Waals surface area (Å²) in [6.07, 6.45) is 8.84. The Labute approximate surface area is 353 Å². The number of aromatic nitrogens is 6. The van der Waals surface area contributed by atoms with Crippen LogP contribution in [-0.2, 0) is 19.2 Å². The van der Waals surface area contributed by atoms with E-state index in [0.29, 0.717) is 35.2 Å². The zero-order valence-electron chi connectivity index (χ0n) is 32.2. The topological polar surface area (TPSA) is 224 Å². The van der Waals surface area contributed by atoms with Crippen molar-refractivity contribution in [1.82, 2.24) is 40.9 Å². The summed E-state index contributed by atoms with van der Waals surface area (Å²) in [5.74, 6) is 1.99. The summed E-state index contributed by atoms with van der Waals surface area (Å²) in [5, 5.41) is 23.9. The van der Waals surface area contributed by atoms with E-state index in [4.69, 9.17) is 21.1 Å². The van der Waals surface area contributed by atoms with Crippen molar-refractivity contribution >= 4 is 105 Å². The van der Waals surface area contributed by atoms with E-state index in [1.165, 1.54) is 25.7 Å². The third kappa shape index (κ3) is 15.8. The van der Waals surface area contributed by atoms with E-state index < -0.39 is 18.4 Å². The SMILES string of the molecule is CSCCNC(=O)CC(=O)NCCSC1CCC1SC.NCCSC1CCC1SCCN.O=C(CC(=O)On1nnc2ccccc21)On1nnc2ccccc21. The van der Waals surface area contributed by atoms with E-state index in [9.17, 15) is 19.2 Å². The molecule has 0 aliphatic heterocycles. The van der Waals surface area contributed by atoms with Gasteiger partial charge in [-0.1, -0.05) is 34.0 Å². The van der Waals surface area contributed by atoms with Crippen LogP contribution in [-0.4, -0.2) is 137 Å². The first-order valence-electron chi connectivity index (χ1n) is 18.6. The number of rotatable bonds is 20. The maximum absolute atomic E-state index is 11.9. The van der Waals surface area contributed by atoms with Gasteiger partial charge < -0.3 is 31.8 Å². The number of nitrogens with two attached hydrogens (primary N) is 2. The highest BCUT2D eigenvalue weighted by atomic mass is 32.2. The number of fused-ring (bicyclic) bond motifs is 2. The lowest BCUT2D eigenvalue weighted by Crippen LogP contribution is -2.35. The summed E-state index contributed by atoms with van der Waals surface area (Å²) in [7, 11) is 0. The average Bonchev–Trinajstić information content (AvgIpc) is 3.78. The molecule has 16 nitrogen and oxygen atoms in total. The third-order valence-corrected chi connectivity index (χ3v) is 15.0. The summed E-state index contributed by atoms with van der Waals surface area (Å²) in [4.78, 5) is 58.7. The number of thioether (sulfide) groups is 5. The van der Waals surface area contributed by atoms with Gasteiger partial charge in [0.1, 0.15) is 34.9 Å². The second-order valence-corrected chi connectivity index (χ2v) is 18.7. The molecule has 2 heterocycles. The van der Waals surface area contributed by atoms with Crippen molar-refractivity contribution in [2.24, 2.45) is 11.5 Å². The largest absolute Gasteiger partial charge is 0.355 e. The van der Waals surface area contributed by atoms with Gasteiger partial charge in [-0.3, -0.25) is 9.59 Å². The van der Waals surface area contributed by atoms with Gasteiger partial charge in [0.2, 0.25) is 11.8 Å². The number of benzene rings is 2. The Balaban J connectivity index is 0.000000202. The Morgan fingerprint density at radius 3 is 1.53 bits per heavy atom. The summed E-state index contributed by atoms with van der Waals surface area (Å²) in [6.45, 7) is 2.91. The lowest BCUT2D eigenvalue weighted by atomic mass is 9.99. The molecule has 4 atom stereocenters. The summed E-state index contributed by atoms with van der Waals surface area (Å²) >= 11 is 9.62. The Bertz CT molecular complexity index is 1750. The van der Waals surface area contributed by atoms with E-state index in [2.05, 4.69) is 37.5 Å². The average molecular weight is 881 g/mol. The fourth-order valence-corrected chi connectivity index (χ4v) is 10.8.